The molecule has 1 aliphatic heterocycles. The summed E-state index contributed by atoms with van der Waals surface area (Å²) in [6, 6.07) is 0. The minimum Gasteiger partial charge on any atom is -0.474 e. The summed E-state index contributed by atoms with van der Waals surface area (Å²) >= 11 is 0. The van der Waals surface area contributed by atoms with E-state index in [4.69, 9.17) is 14.7 Å². The van der Waals surface area contributed by atoms with E-state index in [1.54, 1.807) is 0 Å². The van der Waals surface area contributed by atoms with Crippen LogP contribution in [0.2, 0.25) is 0 Å². The Hall–Kier alpha value is -1.79. The second-order valence-corrected chi connectivity index (χ2v) is 8.60. The molecule has 0 bridgehead atoms. The Kier molecular flexibility index (Phi) is 6.93. The zero-order valence-corrected chi connectivity index (χ0v) is 17.6. The lowest BCUT2D eigenvalue weighted by molar-refractivity contribution is 0.122. The number of aliphatic hydroxyl groups excluding tert-OH is 1. The van der Waals surface area contributed by atoms with Crippen LogP contribution in [0.3, 0.4) is 0 Å². The molecule has 29 heavy (non-hydrogen) atoms. The van der Waals surface area contributed by atoms with Crippen molar-refractivity contribution in [2.24, 2.45) is 0 Å². The Morgan fingerprint density at radius 1 is 1.03 bits per heavy atom. The van der Waals surface area contributed by atoms with Crippen molar-refractivity contribution in [3.63, 3.8) is 0 Å². The number of rotatable bonds is 7. The summed E-state index contributed by atoms with van der Waals surface area (Å²) < 4.78 is 6.30. The fourth-order valence-electron chi connectivity index (χ4n) is 4.56. The van der Waals surface area contributed by atoms with Crippen molar-refractivity contribution in [3.05, 3.63) is 23.8 Å². The largest absolute Gasteiger partial charge is 0.474 e. The Labute approximate surface area is 173 Å². The molecule has 2 aromatic rings. The highest BCUT2D eigenvalue weighted by Gasteiger charge is 2.25. The number of ether oxygens (including phenoxy) is 1. The lowest BCUT2D eigenvalue weighted by atomic mass is 9.82. The third kappa shape index (κ3) is 5.04. The number of aryl methyl sites for hydroxylation is 1. The maximum Gasteiger partial charge on any atom is 0.224 e. The summed E-state index contributed by atoms with van der Waals surface area (Å²) in [7, 11) is 0. The predicted octanol–water partition coefficient (Wildman–Crippen LogP) is 3.91. The van der Waals surface area contributed by atoms with E-state index in [2.05, 4.69) is 17.2 Å². The molecule has 1 saturated heterocycles. The molecule has 0 amide bonds. The lowest BCUT2D eigenvalue weighted by Crippen LogP contribution is -2.34. The number of hydrogen-bond donors (Lipinski definition) is 2. The van der Waals surface area contributed by atoms with Crippen LogP contribution in [0, 0.1) is 0 Å². The van der Waals surface area contributed by atoms with Crippen LogP contribution < -0.4 is 10.1 Å². The minimum atomic E-state index is -0.160. The predicted molar refractivity (Wildman–Crippen MR) is 114 cm³/mol. The van der Waals surface area contributed by atoms with Gasteiger partial charge in [0.25, 0.3) is 0 Å². The molecule has 0 unspecified atom stereocenters. The molecule has 2 fully saturated rings. The van der Waals surface area contributed by atoms with Crippen molar-refractivity contribution in [3.8, 4) is 5.88 Å². The summed E-state index contributed by atoms with van der Waals surface area (Å²) in [5.41, 5.74) is 2.20. The van der Waals surface area contributed by atoms with Gasteiger partial charge in [0.2, 0.25) is 5.88 Å². The quantitative estimate of drug-likeness (QED) is 0.689. The van der Waals surface area contributed by atoms with Crippen LogP contribution in [0.4, 0.5) is 0 Å². The van der Waals surface area contributed by atoms with Gasteiger partial charge >= 0.3 is 0 Å². The first-order valence-corrected chi connectivity index (χ1v) is 11.4. The van der Waals surface area contributed by atoms with E-state index in [9.17, 15) is 5.11 Å². The van der Waals surface area contributed by atoms with Crippen LogP contribution in [-0.4, -0.2) is 45.4 Å². The van der Waals surface area contributed by atoms with Gasteiger partial charge in [-0.05, 0) is 64.0 Å². The standard InChI is InChI=1S/C23H34N4O2/c1-2-3-4-5-21-25-15-20-22(27-21)19(16-6-8-17(28)9-7-16)14-26-23(20)29-18-10-12-24-13-11-18/h14-18,24,28H,2-13H2,1H3. The highest BCUT2D eigenvalue weighted by Crippen LogP contribution is 2.37. The summed E-state index contributed by atoms with van der Waals surface area (Å²) in [5, 5.41) is 14.2. The van der Waals surface area contributed by atoms with Crippen molar-refractivity contribution in [2.75, 3.05) is 13.1 Å². The van der Waals surface area contributed by atoms with Gasteiger partial charge in [0.15, 0.2) is 0 Å². The first-order chi connectivity index (χ1) is 14.2. The fourth-order valence-corrected chi connectivity index (χ4v) is 4.56. The molecule has 0 spiro atoms. The van der Waals surface area contributed by atoms with Gasteiger partial charge in [-0.2, -0.15) is 0 Å². The Morgan fingerprint density at radius 3 is 2.59 bits per heavy atom. The zero-order chi connectivity index (χ0) is 20.1. The lowest BCUT2D eigenvalue weighted by Gasteiger charge is -2.27. The summed E-state index contributed by atoms with van der Waals surface area (Å²) in [5.74, 6) is 1.99. The number of pyridine rings is 1. The first-order valence-electron chi connectivity index (χ1n) is 11.4. The molecule has 0 atom stereocenters. The Balaban J connectivity index is 1.65. The Bertz CT molecular complexity index is 799. The number of nitrogens with zero attached hydrogens (tertiary/aromatic N) is 3. The van der Waals surface area contributed by atoms with Crippen molar-refractivity contribution in [1.29, 1.82) is 0 Å². The smallest absolute Gasteiger partial charge is 0.224 e. The van der Waals surface area contributed by atoms with Gasteiger partial charge in [0.05, 0.1) is 17.0 Å². The topological polar surface area (TPSA) is 80.2 Å². The number of unbranched alkanes of at least 4 members (excludes halogenated alkanes) is 2. The first kappa shape index (κ1) is 20.5. The second-order valence-electron chi connectivity index (χ2n) is 8.60. The molecular formula is C23H34N4O2. The van der Waals surface area contributed by atoms with Gasteiger partial charge in [-0.15, -0.1) is 0 Å². The van der Waals surface area contributed by atoms with Crippen molar-refractivity contribution in [1.82, 2.24) is 20.3 Å². The number of aliphatic hydroxyl groups is 1. The van der Waals surface area contributed by atoms with Crippen LogP contribution in [-0.2, 0) is 6.42 Å². The normalized spacial score (nSPS) is 23.4. The van der Waals surface area contributed by atoms with Crippen LogP contribution in [0.1, 0.15) is 82.0 Å². The average molecular weight is 399 g/mol. The number of piperidine rings is 1. The van der Waals surface area contributed by atoms with Gasteiger partial charge in [0.1, 0.15) is 11.9 Å². The molecule has 6 nitrogen and oxygen atoms in total. The number of hydrogen-bond acceptors (Lipinski definition) is 6. The number of aromatic nitrogens is 3. The van der Waals surface area contributed by atoms with Crippen molar-refractivity contribution in [2.45, 2.75) is 89.3 Å². The van der Waals surface area contributed by atoms with Crippen molar-refractivity contribution < 1.29 is 9.84 Å². The molecule has 158 valence electrons. The number of nitrogens with one attached hydrogen (secondary N) is 1. The third-order valence-corrected chi connectivity index (χ3v) is 6.37. The minimum absolute atomic E-state index is 0.160. The van der Waals surface area contributed by atoms with Crippen LogP contribution in [0.5, 0.6) is 5.88 Å². The molecule has 2 aromatic heterocycles. The van der Waals surface area contributed by atoms with Crippen molar-refractivity contribution >= 4 is 10.9 Å². The SMILES string of the molecule is CCCCCc1ncc2c(OC3CCNCC3)ncc(C3CCC(O)CC3)c2n1. The number of fused-ring (bicyclic) bond motifs is 1. The second kappa shape index (κ2) is 9.81. The van der Waals surface area contributed by atoms with E-state index in [0.717, 1.165) is 81.2 Å². The van der Waals surface area contributed by atoms with Crippen LogP contribution in [0.15, 0.2) is 12.4 Å². The molecule has 2 N–H and O–H groups in total. The molecule has 6 heteroatoms. The molecular weight excluding hydrogens is 364 g/mol. The molecule has 4 rings (SSSR count). The maximum absolute atomic E-state index is 9.91. The molecule has 0 radical (unpaired) electrons. The zero-order valence-electron chi connectivity index (χ0n) is 17.6. The third-order valence-electron chi connectivity index (χ3n) is 6.37. The fraction of sp³-hybridized carbons (Fsp3) is 0.696. The van der Waals surface area contributed by atoms with E-state index in [0.29, 0.717) is 11.8 Å². The van der Waals surface area contributed by atoms with E-state index in [1.807, 2.05) is 12.4 Å². The highest BCUT2D eigenvalue weighted by atomic mass is 16.5. The van der Waals surface area contributed by atoms with Gasteiger partial charge in [-0.25, -0.2) is 15.0 Å². The van der Waals surface area contributed by atoms with E-state index in [-0.39, 0.29) is 12.2 Å². The molecule has 2 aliphatic rings. The van der Waals surface area contributed by atoms with E-state index >= 15 is 0 Å². The van der Waals surface area contributed by atoms with Crippen LogP contribution in [0.25, 0.3) is 10.9 Å². The van der Waals surface area contributed by atoms with E-state index < -0.39 is 0 Å². The van der Waals surface area contributed by atoms with Gasteiger partial charge in [-0.1, -0.05) is 19.8 Å². The summed E-state index contributed by atoms with van der Waals surface area (Å²) in [4.78, 5) is 14.4. The maximum atomic E-state index is 9.91. The monoisotopic (exact) mass is 398 g/mol. The summed E-state index contributed by atoms with van der Waals surface area (Å²) in [6.45, 7) is 4.19. The molecule has 0 aromatic carbocycles. The average Bonchev–Trinajstić information content (AvgIpc) is 2.75. The van der Waals surface area contributed by atoms with Gasteiger partial charge in [0, 0.05) is 24.4 Å². The molecule has 1 aliphatic carbocycles. The summed E-state index contributed by atoms with van der Waals surface area (Å²) in [6.07, 6.45) is 14.1. The molecule has 3 heterocycles. The van der Waals surface area contributed by atoms with Gasteiger partial charge < -0.3 is 15.2 Å². The highest BCUT2D eigenvalue weighted by molar-refractivity contribution is 5.85. The Morgan fingerprint density at radius 2 is 1.83 bits per heavy atom. The van der Waals surface area contributed by atoms with Crippen LogP contribution >= 0.6 is 0 Å². The van der Waals surface area contributed by atoms with E-state index in [1.165, 1.54) is 18.4 Å². The van der Waals surface area contributed by atoms with Gasteiger partial charge in [-0.3, -0.25) is 0 Å². The molecule has 1 saturated carbocycles.